The number of hydrogen-bond donors (Lipinski definition) is 1. The molecule has 1 N–H and O–H groups in total. The molecule has 6 heteroatoms. The zero-order valence-electron chi connectivity index (χ0n) is 9.87. The Bertz CT molecular complexity index is 487. The molecule has 1 atom stereocenters. The molecule has 0 saturated heterocycles. The largest absolute Gasteiger partial charge is 0.348 e. The van der Waals surface area contributed by atoms with Crippen LogP contribution in [0.25, 0.3) is 0 Å². The Hall–Kier alpha value is -1.40. The smallest absolute Gasteiger partial charge is 0.230 e. The van der Waals surface area contributed by atoms with Gasteiger partial charge in [-0.2, -0.15) is 0 Å². The number of carbonyl (C=O) groups excluding carboxylic acids is 1. The SMILES string of the molecule is CC(NC(=O)CSc1ncccn1)c1cccs1. The summed E-state index contributed by atoms with van der Waals surface area (Å²) in [6, 6.07) is 5.80. The average molecular weight is 279 g/mol. The topological polar surface area (TPSA) is 54.9 Å². The van der Waals surface area contributed by atoms with E-state index in [0.29, 0.717) is 10.9 Å². The van der Waals surface area contributed by atoms with Crippen LogP contribution in [0.15, 0.2) is 41.1 Å². The Morgan fingerprint density at radius 2 is 2.22 bits per heavy atom. The standard InChI is InChI=1S/C12H13N3OS2/c1-9(10-4-2-7-17-10)15-11(16)8-18-12-13-5-3-6-14-12/h2-7,9H,8H2,1H3,(H,15,16). The first kappa shape index (κ1) is 13.0. The number of carbonyl (C=O) groups is 1. The Kier molecular flexibility index (Phi) is 4.72. The van der Waals surface area contributed by atoms with E-state index in [0.717, 1.165) is 4.88 Å². The van der Waals surface area contributed by atoms with Crippen LogP contribution in [0.1, 0.15) is 17.8 Å². The van der Waals surface area contributed by atoms with E-state index in [1.165, 1.54) is 11.8 Å². The molecule has 0 aliphatic carbocycles. The number of thiophene rings is 1. The van der Waals surface area contributed by atoms with E-state index >= 15 is 0 Å². The lowest BCUT2D eigenvalue weighted by Gasteiger charge is -2.11. The van der Waals surface area contributed by atoms with E-state index in [-0.39, 0.29) is 11.9 Å². The first-order chi connectivity index (χ1) is 8.75. The monoisotopic (exact) mass is 279 g/mol. The average Bonchev–Trinajstić information content (AvgIpc) is 2.91. The van der Waals surface area contributed by atoms with E-state index in [1.807, 2.05) is 24.4 Å². The molecule has 1 unspecified atom stereocenters. The molecule has 2 rings (SSSR count). The van der Waals surface area contributed by atoms with Crippen molar-refractivity contribution < 1.29 is 4.79 Å². The molecular formula is C12H13N3OS2. The predicted molar refractivity (Wildman–Crippen MR) is 73.6 cm³/mol. The summed E-state index contributed by atoms with van der Waals surface area (Å²) in [5.74, 6) is 0.327. The highest BCUT2D eigenvalue weighted by molar-refractivity contribution is 7.99. The second kappa shape index (κ2) is 6.51. The first-order valence-electron chi connectivity index (χ1n) is 5.48. The van der Waals surface area contributed by atoms with Gasteiger partial charge in [-0.15, -0.1) is 11.3 Å². The Morgan fingerprint density at radius 1 is 1.44 bits per heavy atom. The summed E-state index contributed by atoms with van der Waals surface area (Å²) in [6.07, 6.45) is 3.34. The van der Waals surface area contributed by atoms with Crippen molar-refractivity contribution in [2.45, 2.75) is 18.1 Å². The maximum atomic E-state index is 11.7. The van der Waals surface area contributed by atoms with Crippen molar-refractivity contribution in [3.05, 3.63) is 40.8 Å². The van der Waals surface area contributed by atoms with Crippen molar-refractivity contribution in [1.82, 2.24) is 15.3 Å². The highest BCUT2D eigenvalue weighted by Crippen LogP contribution is 2.18. The second-order valence-corrected chi connectivity index (χ2v) is 5.55. The second-order valence-electron chi connectivity index (χ2n) is 3.62. The molecule has 0 spiro atoms. The molecule has 94 valence electrons. The minimum atomic E-state index is -0.00615. The zero-order valence-corrected chi connectivity index (χ0v) is 11.5. The molecule has 4 nitrogen and oxygen atoms in total. The quantitative estimate of drug-likeness (QED) is 0.675. The maximum absolute atomic E-state index is 11.7. The van der Waals surface area contributed by atoms with Crippen LogP contribution in [-0.4, -0.2) is 21.6 Å². The summed E-state index contributed by atoms with van der Waals surface area (Å²) in [5, 5.41) is 5.57. The summed E-state index contributed by atoms with van der Waals surface area (Å²) >= 11 is 2.98. The number of hydrogen-bond acceptors (Lipinski definition) is 5. The van der Waals surface area contributed by atoms with Crippen molar-refractivity contribution in [2.75, 3.05) is 5.75 Å². The van der Waals surface area contributed by atoms with Gasteiger partial charge < -0.3 is 5.32 Å². The van der Waals surface area contributed by atoms with Gasteiger partial charge >= 0.3 is 0 Å². The van der Waals surface area contributed by atoms with E-state index < -0.39 is 0 Å². The minimum Gasteiger partial charge on any atom is -0.348 e. The van der Waals surface area contributed by atoms with Gasteiger partial charge in [-0.3, -0.25) is 4.79 Å². The Balaban J connectivity index is 1.79. The summed E-state index contributed by atoms with van der Waals surface area (Å²) in [6.45, 7) is 1.98. The number of aromatic nitrogens is 2. The zero-order chi connectivity index (χ0) is 12.8. The maximum Gasteiger partial charge on any atom is 0.230 e. The van der Waals surface area contributed by atoms with Crippen molar-refractivity contribution in [1.29, 1.82) is 0 Å². The number of amides is 1. The van der Waals surface area contributed by atoms with Crippen LogP contribution in [0.4, 0.5) is 0 Å². The fraction of sp³-hybridized carbons (Fsp3) is 0.250. The van der Waals surface area contributed by atoms with Gasteiger partial charge in [0.2, 0.25) is 5.91 Å². The summed E-state index contributed by atoms with van der Waals surface area (Å²) in [5.41, 5.74) is 0. The molecule has 1 amide bonds. The summed E-state index contributed by atoms with van der Waals surface area (Å²) in [4.78, 5) is 21.0. The van der Waals surface area contributed by atoms with Crippen molar-refractivity contribution in [3.8, 4) is 0 Å². The van der Waals surface area contributed by atoms with Crippen LogP contribution in [0.5, 0.6) is 0 Å². The first-order valence-corrected chi connectivity index (χ1v) is 7.35. The third kappa shape index (κ3) is 3.82. The summed E-state index contributed by atoms with van der Waals surface area (Å²) < 4.78 is 0. The highest BCUT2D eigenvalue weighted by Gasteiger charge is 2.10. The molecule has 0 aliphatic rings. The third-order valence-electron chi connectivity index (χ3n) is 2.22. The van der Waals surface area contributed by atoms with Crippen LogP contribution in [0.2, 0.25) is 0 Å². The molecule has 18 heavy (non-hydrogen) atoms. The van der Waals surface area contributed by atoms with Gasteiger partial charge in [0.1, 0.15) is 0 Å². The number of nitrogens with one attached hydrogen (secondary N) is 1. The molecule has 2 aromatic rings. The minimum absolute atomic E-state index is 0.00615. The van der Waals surface area contributed by atoms with Crippen LogP contribution in [0.3, 0.4) is 0 Å². The van der Waals surface area contributed by atoms with Crippen LogP contribution in [-0.2, 0) is 4.79 Å². The van der Waals surface area contributed by atoms with Gasteiger partial charge in [0.05, 0.1) is 11.8 Å². The van der Waals surface area contributed by atoms with E-state index in [2.05, 4.69) is 15.3 Å². The normalized spacial score (nSPS) is 12.1. The van der Waals surface area contributed by atoms with Gasteiger partial charge in [0, 0.05) is 17.3 Å². The summed E-state index contributed by atoms with van der Waals surface area (Å²) in [7, 11) is 0. The highest BCUT2D eigenvalue weighted by atomic mass is 32.2. The fourth-order valence-corrected chi connectivity index (χ4v) is 2.73. The van der Waals surface area contributed by atoms with Crippen molar-refractivity contribution in [3.63, 3.8) is 0 Å². The van der Waals surface area contributed by atoms with E-state index in [4.69, 9.17) is 0 Å². The number of rotatable bonds is 5. The molecule has 0 aromatic carbocycles. The fourth-order valence-electron chi connectivity index (χ4n) is 1.38. The van der Waals surface area contributed by atoms with Gasteiger partial charge in [0.25, 0.3) is 0 Å². The van der Waals surface area contributed by atoms with Crippen molar-refractivity contribution in [2.24, 2.45) is 0 Å². The molecule has 0 aliphatic heterocycles. The lowest BCUT2D eigenvalue weighted by molar-refractivity contribution is -0.119. The van der Waals surface area contributed by atoms with Crippen LogP contribution >= 0.6 is 23.1 Å². The lowest BCUT2D eigenvalue weighted by atomic mass is 10.3. The van der Waals surface area contributed by atoms with Crippen molar-refractivity contribution >= 4 is 29.0 Å². The molecule has 2 aromatic heterocycles. The lowest BCUT2D eigenvalue weighted by Crippen LogP contribution is -2.27. The third-order valence-corrected chi connectivity index (χ3v) is 4.15. The predicted octanol–water partition coefficient (Wildman–Crippen LogP) is 2.51. The van der Waals surface area contributed by atoms with E-state index in [1.54, 1.807) is 29.8 Å². The van der Waals surface area contributed by atoms with E-state index in [9.17, 15) is 4.79 Å². The van der Waals surface area contributed by atoms with Gasteiger partial charge in [-0.05, 0) is 24.4 Å². The van der Waals surface area contributed by atoms with Gasteiger partial charge in [-0.1, -0.05) is 17.8 Å². The molecule has 0 fully saturated rings. The molecule has 0 bridgehead atoms. The number of thioether (sulfide) groups is 1. The molecule has 0 radical (unpaired) electrons. The van der Waals surface area contributed by atoms with Crippen LogP contribution in [0, 0.1) is 0 Å². The van der Waals surface area contributed by atoms with Crippen LogP contribution < -0.4 is 5.32 Å². The molecule has 0 saturated carbocycles. The number of nitrogens with zero attached hydrogens (tertiary/aromatic N) is 2. The van der Waals surface area contributed by atoms with Gasteiger partial charge in [0.15, 0.2) is 5.16 Å². The Morgan fingerprint density at radius 3 is 2.89 bits per heavy atom. The Labute approximate surface area is 114 Å². The molecular weight excluding hydrogens is 266 g/mol. The molecule has 2 heterocycles. The van der Waals surface area contributed by atoms with Gasteiger partial charge in [-0.25, -0.2) is 9.97 Å².